The lowest BCUT2D eigenvalue weighted by atomic mass is 10.0. The second-order valence-electron chi connectivity index (χ2n) is 5.20. The normalized spacial score (nSPS) is 10.8. The fraction of sp³-hybridized carbons (Fsp3) is 0.158. The Morgan fingerprint density at radius 3 is 2.26 bits per heavy atom. The van der Waals surface area contributed by atoms with E-state index in [9.17, 15) is 19.8 Å². The van der Waals surface area contributed by atoms with Gasteiger partial charge in [-0.25, -0.2) is 0 Å². The first-order valence-electron chi connectivity index (χ1n) is 7.34. The predicted molar refractivity (Wildman–Crippen MR) is 88.2 cm³/mol. The number of para-hydroxylation sites is 2. The molecule has 0 saturated heterocycles. The molecular weight excluding hydrogens is 292 g/mol. The van der Waals surface area contributed by atoms with Crippen LogP contribution in [-0.2, 0) is 16.0 Å². The van der Waals surface area contributed by atoms with Crippen LogP contribution in [0.25, 0.3) is 6.08 Å². The van der Waals surface area contributed by atoms with Gasteiger partial charge in [0.25, 0.3) is 0 Å². The number of Topliss-reactive ketones (excluding diaryl/α,β-unsaturated/α-hetero) is 1. The molecule has 2 N–H and O–H groups in total. The number of phenols is 2. The standard InChI is InChI=1S/C19H18O4/c20-16(11-9-14-5-1-3-7-18(14)22)13-17(21)12-10-15-6-2-4-8-19(15)23/h1-9,11,22-23H,10,12-13H2/b11-9+. The molecule has 0 spiro atoms. The Morgan fingerprint density at radius 1 is 0.913 bits per heavy atom. The third kappa shape index (κ3) is 5.11. The van der Waals surface area contributed by atoms with Crippen LogP contribution in [0, 0.1) is 0 Å². The van der Waals surface area contributed by atoms with Crippen LogP contribution < -0.4 is 0 Å². The molecule has 0 unspecified atom stereocenters. The lowest BCUT2D eigenvalue weighted by Gasteiger charge is -2.03. The van der Waals surface area contributed by atoms with Crippen molar-refractivity contribution in [3.05, 3.63) is 65.7 Å². The molecule has 0 aromatic heterocycles. The number of allylic oxidation sites excluding steroid dienone is 1. The Labute approximate surface area is 134 Å². The van der Waals surface area contributed by atoms with E-state index in [1.54, 1.807) is 42.5 Å². The number of aromatic hydroxyl groups is 2. The maximum atomic E-state index is 11.8. The summed E-state index contributed by atoms with van der Waals surface area (Å²) in [6.07, 6.45) is 3.22. The number of hydrogen-bond acceptors (Lipinski definition) is 4. The molecular formula is C19H18O4. The molecule has 2 rings (SSSR count). The summed E-state index contributed by atoms with van der Waals surface area (Å²) in [5.41, 5.74) is 1.22. The quantitative estimate of drug-likeness (QED) is 0.608. The molecule has 118 valence electrons. The molecule has 0 atom stereocenters. The van der Waals surface area contributed by atoms with Gasteiger partial charge in [-0.2, -0.15) is 0 Å². The van der Waals surface area contributed by atoms with Crippen LogP contribution in [0.5, 0.6) is 11.5 Å². The van der Waals surface area contributed by atoms with E-state index >= 15 is 0 Å². The topological polar surface area (TPSA) is 74.6 Å². The van der Waals surface area contributed by atoms with Gasteiger partial charge in [0.15, 0.2) is 5.78 Å². The van der Waals surface area contributed by atoms with Crippen molar-refractivity contribution in [1.29, 1.82) is 0 Å². The number of ketones is 2. The van der Waals surface area contributed by atoms with E-state index in [0.717, 1.165) is 0 Å². The molecule has 0 amide bonds. The van der Waals surface area contributed by atoms with Gasteiger partial charge in [-0.1, -0.05) is 36.4 Å². The van der Waals surface area contributed by atoms with Crippen molar-refractivity contribution < 1.29 is 19.8 Å². The lowest BCUT2D eigenvalue weighted by Crippen LogP contribution is -2.06. The Balaban J connectivity index is 1.84. The minimum absolute atomic E-state index is 0.0856. The third-order valence-corrected chi connectivity index (χ3v) is 3.42. The molecule has 4 heteroatoms. The van der Waals surface area contributed by atoms with Gasteiger partial charge >= 0.3 is 0 Å². The average molecular weight is 310 g/mol. The van der Waals surface area contributed by atoms with Crippen LogP contribution in [0.1, 0.15) is 24.0 Å². The van der Waals surface area contributed by atoms with Crippen molar-refractivity contribution in [2.24, 2.45) is 0 Å². The van der Waals surface area contributed by atoms with Gasteiger partial charge in [-0.3, -0.25) is 9.59 Å². The Morgan fingerprint density at radius 2 is 1.57 bits per heavy atom. The molecule has 0 fully saturated rings. The van der Waals surface area contributed by atoms with Crippen molar-refractivity contribution in [1.82, 2.24) is 0 Å². The van der Waals surface area contributed by atoms with Crippen LogP contribution >= 0.6 is 0 Å². The minimum Gasteiger partial charge on any atom is -0.508 e. The molecule has 0 aliphatic rings. The van der Waals surface area contributed by atoms with Gasteiger partial charge in [-0.05, 0) is 36.3 Å². The number of benzene rings is 2. The summed E-state index contributed by atoms with van der Waals surface area (Å²) in [6.45, 7) is 0. The first-order valence-corrected chi connectivity index (χ1v) is 7.34. The van der Waals surface area contributed by atoms with Crippen LogP contribution in [0.2, 0.25) is 0 Å². The molecule has 0 radical (unpaired) electrons. The maximum absolute atomic E-state index is 11.8. The molecule has 0 saturated carbocycles. The second kappa shape index (κ2) is 7.94. The number of hydrogen-bond donors (Lipinski definition) is 2. The maximum Gasteiger partial charge on any atom is 0.163 e. The first kappa shape index (κ1) is 16.5. The lowest BCUT2D eigenvalue weighted by molar-refractivity contribution is -0.124. The molecule has 2 aromatic rings. The average Bonchev–Trinajstić information content (AvgIpc) is 2.53. The summed E-state index contributed by atoms with van der Waals surface area (Å²) >= 11 is 0. The zero-order valence-electron chi connectivity index (χ0n) is 12.6. The summed E-state index contributed by atoms with van der Waals surface area (Å²) in [5, 5.41) is 19.2. The van der Waals surface area contributed by atoms with E-state index in [-0.39, 0.29) is 35.9 Å². The highest BCUT2D eigenvalue weighted by molar-refractivity contribution is 6.06. The number of phenolic OH excluding ortho intramolecular Hbond substituents is 2. The van der Waals surface area contributed by atoms with E-state index in [2.05, 4.69) is 0 Å². The number of carbonyl (C=O) groups is 2. The summed E-state index contributed by atoms with van der Waals surface area (Å²) in [5.74, 6) is -0.246. The highest BCUT2D eigenvalue weighted by atomic mass is 16.3. The minimum atomic E-state index is -0.310. The number of carbonyl (C=O) groups excluding carboxylic acids is 2. The van der Waals surface area contributed by atoms with Gasteiger partial charge in [0, 0.05) is 12.0 Å². The van der Waals surface area contributed by atoms with Crippen LogP contribution in [-0.4, -0.2) is 21.8 Å². The van der Waals surface area contributed by atoms with E-state index < -0.39 is 0 Å². The van der Waals surface area contributed by atoms with Gasteiger partial charge in [0.1, 0.15) is 17.3 Å². The Hall–Kier alpha value is -2.88. The van der Waals surface area contributed by atoms with Gasteiger partial charge in [-0.15, -0.1) is 0 Å². The zero-order valence-corrected chi connectivity index (χ0v) is 12.6. The van der Waals surface area contributed by atoms with Crippen LogP contribution in [0.4, 0.5) is 0 Å². The Bertz CT molecular complexity index is 732. The molecule has 0 heterocycles. The van der Waals surface area contributed by atoms with Crippen molar-refractivity contribution in [3.8, 4) is 11.5 Å². The fourth-order valence-corrected chi connectivity index (χ4v) is 2.15. The molecule has 0 aliphatic carbocycles. The monoisotopic (exact) mass is 310 g/mol. The van der Waals surface area contributed by atoms with E-state index in [1.807, 2.05) is 0 Å². The Kier molecular flexibility index (Phi) is 5.69. The van der Waals surface area contributed by atoms with Gasteiger partial charge in [0.05, 0.1) is 6.42 Å². The first-order chi connectivity index (χ1) is 11.1. The van der Waals surface area contributed by atoms with E-state index in [0.29, 0.717) is 17.5 Å². The molecule has 0 aliphatic heterocycles. The summed E-state index contributed by atoms with van der Waals surface area (Å²) < 4.78 is 0. The van der Waals surface area contributed by atoms with E-state index in [4.69, 9.17) is 0 Å². The predicted octanol–water partition coefficient (Wildman–Crippen LogP) is 3.27. The third-order valence-electron chi connectivity index (χ3n) is 3.42. The van der Waals surface area contributed by atoms with Crippen LogP contribution in [0.3, 0.4) is 0 Å². The summed E-state index contributed by atoms with van der Waals surface area (Å²) in [4.78, 5) is 23.6. The molecule has 2 aromatic carbocycles. The fourth-order valence-electron chi connectivity index (χ4n) is 2.15. The van der Waals surface area contributed by atoms with Crippen molar-refractivity contribution in [2.45, 2.75) is 19.3 Å². The van der Waals surface area contributed by atoms with E-state index in [1.165, 1.54) is 18.2 Å². The largest absolute Gasteiger partial charge is 0.508 e. The summed E-state index contributed by atoms with van der Waals surface area (Å²) in [7, 11) is 0. The summed E-state index contributed by atoms with van der Waals surface area (Å²) in [6, 6.07) is 13.5. The smallest absolute Gasteiger partial charge is 0.163 e. The highest BCUT2D eigenvalue weighted by Gasteiger charge is 2.09. The number of rotatable bonds is 7. The van der Waals surface area contributed by atoms with Gasteiger partial charge in [0.2, 0.25) is 0 Å². The highest BCUT2D eigenvalue weighted by Crippen LogP contribution is 2.18. The molecule has 23 heavy (non-hydrogen) atoms. The second-order valence-corrected chi connectivity index (χ2v) is 5.20. The SMILES string of the molecule is O=C(/C=C/c1ccccc1O)CC(=O)CCc1ccccc1O. The van der Waals surface area contributed by atoms with Crippen molar-refractivity contribution in [2.75, 3.05) is 0 Å². The number of aryl methyl sites for hydroxylation is 1. The van der Waals surface area contributed by atoms with Crippen molar-refractivity contribution >= 4 is 17.6 Å². The van der Waals surface area contributed by atoms with Crippen molar-refractivity contribution in [3.63, 3.8) is 0 Å². The van der Waals surface area contributed by atoms with Crippen LogP contribution in [0.15, 0.2) is 54.6 Å². The van der Waals surface area contributed by atoms with Gasteiger partial charge < -0.3 is 10.2 Å². The molecule has 0 bridgehead atoms. The molecule has 4 nitrogen and oxygen atoms in total. The zero-order chi connectivity index (χ0) is 16.7.